The van der Waals surface area contributed by atoms with Gasteiger partial charge in [-0.05, 0) is 17.5 Å². The summed E-state index contributed by atoms with van der Waals surface area (Å²) in [5.41, 5.74) is 5.94. The molecule has 1 atom stereocenters. The van der Waals surface area contributed by atoms with Crippen LogP contribution in [0.5, 0.6) is 0 Å². The van der Waals surface area contributed by atoms with Gasteiger partial charge in [0.1, 0.15) is 6.04 Å². The Balaban J connectivity index is 2.09. The van der Waals surface area contributed by atoms with Crippen LogP contribution in [0.25, 0.3) is 0 Å². The molecule has 0 saturated heterocycles. The molecule has 0 radical (unpaired) electrons. The van der Waals surface area contributed by atoms with Crippen molar-refractivity contribution in [1.82, 2.24) is 10.6 Å². The van der Waals surface area contributed by atoms with E-state index in [4.69, 9.17) is 10.8 Å². The highest BCUT2D eigenvalue weighted by Crippen LogP contribution is 2.13. The van der Waals surface area contributed by atoms with Crippen molar-refractivity contribution >= 4 is 15.8 Å². The third-order valence-corrected chi connectivity index (χ3v) is 4.80. The first-order valence-electron chi connectivity index (χ1n) is 6.33. The van der Waals surface area contributed by atoms with E-state index in [2.05, 4.69) is 10.6 Å². The van der Waals surface area contributed by atoms with Crippen molar-refractivity contribution in [3.63, 3.8) is 0 Å². The number of hydrogen-bond donors (Lipinski definition) is 4. The van der Waals surface area contributed by atoms with Crippen LogP contribution in [0.1, 0.15) is 11.1 Å². The molecule has 114 valence electrons. The summed E-state index contributed by atoms with van der Waals surface area (Å²) >= 11 is 0. The van der Waals surface area contributed by atoms with E-state index in [1.54, 1.807) is 24.3 Å². The molecule has 0 bridgehead atoms. The Labute approximate surface area is 122 Å². The fraction of sp³-hybridized carbons (Fsp3) is 0.308. The number of nitrogens with two attached hydrogens (primary N) is 1. The number of sulfone groups is 1. The first-order chi connectivity index (χ1) is 9.88. The van der Waals surface area contributed by atoms with Gasteiger partial charge in [0.25, 0.3) is 0 Å². The first-order valence-corrected chi connectivity index (χ1v) is 8.05. The van der Waals surface area contributed by atoms with Crippen LogP contribution in [0.3, 0.4) is 0 Å². The van der Waals surface area contributed by atoms with Crippen molar-refractivity contribution in [2.75, 3.05) is 0 Å². The van der Waals surface area contributed by atoms with Gasteiger partial charge in [-0.3, -0.25) is 4.79 Å². The largest absolute Gasteiger partial charge is 0.480 e. The number of hydrogen-bond acceptors (Lipinski definition) is 6. The van der Waals surface area contributed by atoms with Gasteiger partial charge >= 0.3 is 5.97 Å². The Morgan fingerprint density at radius 3 is 2.52 bits per heavy atom. The highest BCUT2D eigenvalue weighted by molar-refractivity contribution is 7.91. The third-order valence-electron chi connectivity index (χ3n) is 3.07. The zero-order valence-corrected chi connectivity index (χ0v) is 12.0. The van der Waals surface area contributed by atoms with Gasteiger partial charge in [0, 0.05) is 12.4 Å². The maximum absolute atomic E-state index is 12.2. The van der Waals surface area contributed by atoms with Gasteiger partial charge in [-0.25, -0.2) is 8.42 Å². The summed E-state index contributed by atoms with van der Waals surface area (Å²) in [6, 6.07) is 5.78. The van der Waals surface area contributed by atoms with E-state index in [-0.39, 0.29) is 12.2 Å². The van der Waals surface area contributed by atoms with Gasteiger partial charge in [-0.1, -0.05) is 24.3 Å². The molecule has 1 aromatic rings. The Hall–Kier alpha value is -2.06. The summed E-state index contributed by atoms with van der Waals surface area (Å²) in [6.45, 7) is 0. The van der Waals surface area contributed by atoms with Crippen LogP contribution in [-0.4, -0.2) is 31.0 Å². The predicted molar refractivity (Wildman–Crippen MR) is 77.6 cm³/mol. The lowest BCUT2D eigenvalue weighted by Crippen LogP contribution is -2.39. The Bertz CT molecular complexity index is 649. The monoisotopic (exact) mass is 311 g/mol. The van der Waals surface area contributed by atoms with Gasteiger partial charge < -0.3 is 21.5 Å². The molecule has 1 heterocycles. The summed E-state index contributed by atoms with van der Waals surface area (Å²) in [4.78, 5) is 10.7. The van der Waals surface area contributed by atoms with Crippen LogP contribution in [-0.2, 0) is 26.8 Å². The Kier molecular flexibility index (Phi) is 4.49. The number of aliphatic carboxylic acids is 1. The molecule has 7 nitrogen and oxygen atoms in total. The molecular weight excluding hydrogens is 294 g/mol. The van der Waals surface area contributed by atoms with Gasteiger partial charge in [0.2, 0.25) is 5.50 Å². The molecular formula is C13H17N3O4S. The minimum Gasteiger partial charge on any atom is -0.480 e. The van der Waals surface area contributed by atoms with Crippen molar-refractivity contribution in [2.24, 2.45) is 5.73 Å². The van der Waals surface area contributed by atoms with Gasteiger partial charge in [0.05, 0.1) is 5.75 Å². The molecule has 0 aliphatic carbocycles. The van der Waals surface area contributed by atoms with E-state index in [0.29, 0.717) is 11.1 Å². The van der Waals surface area contributed by atoms with E-state index in [1.165, 1.54) is 12.4 Å². The molecule has 0 saturated carbocycles. The van der Waals surface area contributed by atoms with E-state index in [9.17, 15) is 13.2 Å². The van der Waals surface area contributed by atoms with E-state index in [1.807, 2.05) is 0 Å². The fourth-order valence-corrected chi connectivity index (χ4v) is 3.41. The smallest absolute Gasteiger partial charge is 0.320 e. The average Bonchev–Trinajstić information content (AvgIpc) is 2.93. The summed E-state index contributed by atoms with van der Waals surface area (Å²) in [5, 5.41) is 14.2. The molecule has 1 aromatic carbocycles. The highest BCUT2D eigenvalue weighted by Gasteiger charge is 2.25. The van der Waals surface area contributed by atoms with Crippen LogP contribution < -0.4 is 16.4 Å². The Morgan fingerprint density at radius 1 is 1.29 bits per heavy atom. The average molecular weight is 311 g/mol. The van der Waals surface area contributed by atoms with Crippen molar-refractivity contribution in [2.45, 2.75) is 23.7 Å². The lowest BCUT2D eigenvalue weighted by Gasteiger charge is -2.14. The lowest BCUT2D eigenvalue weighted by atomic mass is 10.0. The van der Waals surface area contributed by atoms with Crippen LogP contribution in [0, 0.1) is 0 Å². The number of carboxylic acids is 1. The molecule has 1 aliphatic heterocycles. The predicted octanol–water partition coefficient (Wildman–Crippen LogP) is -0.497. The van der Waals surface area contributed by atoms with Gasteiger partial charge in [-0.15, -0.1) is 0 Å². The number of carbonyl (C=O) groups is 1. The van der Waals surface area contributed by atoms with Crippen LogP contribution in [0.4, 0.5) is 0 Å². The summed E-state index contributed by atoms with van der Waals surface area (Å²) in [5.74, 6) is -1.23. The molecule has 2 rings (SSSR count). The highest BCUT2D eigenvalue weighted by atomic mass is 32.2. The van der Waals surface area contributed by atoms with E-state index >= 15 is 0 Å². The first kappa shape index (κ1) is 15.3. The van der Waals surface area contributed by atoms with Crippen LogP contribution in [0.2, 0.25) is 0 Å². The van der Waals surface area contributed by atoms with Crippen molar-refractivity contribution in [3.05, 3.63) is 47.8 Å². The van der Waals surface area contributed by atoms with Gasteiger partial charge in [0.15, 0.2) is 9.84 Å². The minimum atomic E-state index is -3.41. The number of rotatable bonds is 6. The van der Waals surface area contributed by atoms with E-state index < -0.39 is 27.3 Å². The van der Waals surface area contributed by atoms with Gasteiger partial charge in [-0.2, -0.15) is 0 Å². The standard InChI is InChI=1S/C13H17N3O4S/c14-11(12(17)18)7-9-2-1-3-10(6-9)8-21(19,20)13-15-4-5-16-13/h1-6,11,13,15-16H,7-8,14H2,(H,17,18)/t11-/m0/s1. The van der Waals surface area contributed by atoms with Crippen LogP contribution >= 0.6 is 0 Å². The fourth-order valence-electron chi connectivity index (χ4n) is 2.03. The molecule has 0 fully saturated rings. The maximum Gasteiger partial charge on any atom is 0.320 e. The van der Waals surface area contributed by atoms with Crippen molar-refractivity contribution < 1.29 is 18.3 Å². The zero-order chi connectivity index (χ0) is 15.5. The summed E-state index contributed by atoms with van der Waals surface area (Å²) < 4.78 is 24.3. The SMILES string of the molecule is N[C@@H](Cc1cccc(CS(=O)(=O)C2NC=CN2)c1)C(=O)O. The van der Waals surface area contributed by atoms with Crippen LogP contribution in [0.15, 0.2) is 36.7 Å². The molecule has 8 heteroatoms. The molecule has 21 heavy (non-hydrogen) atoms. The normalized spacial score (nSPS) is 16.2. The quantitative estimate of drug-likeness (QED) is 0.559. The molecule has 0 spiro atoms. The minimum absolute atomic E-state index is 0.143. The maximum atomic E-state index is 12.2. The second-order valence-electron chi connectivity index (χ2n) is 4.82. The zero-order valence-electron chi connectivity index (χ0n) is 11.2. The molecule has 0 amide bonds. The second-order valence-corrected chi connectivity index (χ2v) is 6.91. The number of nitrogens with one attached hydrogen (secondary N) is 2. The van der Waals surface area contributed by atoms with E-state index in [0.717, 1.165) is 0 Å². The lowest BCUT2D eigenvalue weighted by molar-refractivity contribution is -0.138. The number of benzene rings is 1. The molecule has 0 unspecified atom stereocenters. The summed E-state index contributed by atoms with van der Waals surface area (Å²) in [6.07, 6.45) is 3.22. The number of carboxylic acid groups (broad SMARTS) is 1. The second kappa shape index (κ2) is 6.15. The molecule has 1 aliphatic rings. The van der Waals surface area contributed by atoms with Crippen molar-refractivity contribution in [1.29, 1.82) is 0 Å². The Morgan fingerprint density at radius 2 is 1.90 bits per heavy atom. The molecule has 0 aromatic heterocycles. The van der Waals surface area contributed by atoms with Crippen molar-refractivity contribution in [3.8, 4) is 0 Å². The third kappa shape index (κ3) is 3.96. The molecule has 5 N–H and O–H groups in total. The summed E-state index contributed by atoms with van der Waals surface area (Å²) in [7, 11) is -3.41. The topological polar surface area (TPSA) is 122 Å².